The maximum absolute atomic E-state index is 12.9. The van der Waals surface area contributed by atoms with Gasteiger partial charge in [-0.15, -0.1) is 0 Å². The zero-order valence-corrected chi connectivity index (χ0v) is 19.2. The summed E-state index contributed by atoms with van der Waals surface area (Å²) in [5.41, 5.74) is 1.70. The fraction of sp³-hybridized carbons (Fsp3) is 0.280. The lowest BCUT2D eigenvalue weighted by atomic mass is 10.1. The summed E-state index contributed by atoms with van der Waals surface area (Å²) in [6, 6.07) is 16.0. The lowest BCUT2D eigenvalue weighted by Gasteiger charge is -2.21. The number of amides is 2. The van der Waals surface area contributed by atoms with Crippen molar-refractivity contribution in [2.45, 2.75) is 39.0 Å². The fourth-order valence-corrected chi connectivity index (χ4v) is 3.13. The highest BCUT2D eigenvalue weighted by Crippen LogP contribution is 2.14. The number of ether oxygens (including phenoxy) is 2. The van der Waals surface area contributed by atoms with E-state index in [0.29, 0.717) is 11.5 Å². The van der Waals surface area contributed by atoms with Crippen molar-refractivity contribution in [1.82, 2.24) is 15.8 Å². The summed E-state index contributed by atoms with van der Waals surface area (Å²) >= 11 is 0. The predicted octanol–water partition coefficient (Wildman–Crippen LogP) is 2.58. The zero-order chi connectivity index (χ0) is 24.5. The largest absolute Gasteiger partial charge is 0.497 e. The monoisotopic (exact) mass is 465 g/mol. The molecule has 0 bridgehead atoms. The molecule has 3 rings (SSSR count). The molecule has 0 saturated carbocycles. The van der Waals surface area contributed by atoms with Crippen molar-refractivity contribution in [3.8, 4) is 5.75 Å². The van der Waals surface area contributed by atoms with Crippen LogP contribution in [-0.2, 0) is 27.4 Å². The Hall–Kier alpha value is -4.14. The van der Waals surface area contributed by atoms with Gasteiger partial charge in [-0.3, -0.25) is 9.59 Å². The van der Waals surface area contributed by atoms with Gasteiger partial charge in [-0.25, -0.2) is 4.79 Å². The Morgan fingerprint density at radius 2 is 1.71 bits per heavy atom. The highest BCUT2D eigenvalue weighted by molar-refractivity contribution is 5.96. The summed E-state index contributed by atoms with van der Waals surface area (Å²) in [5, 5.41) is 8.87. The molecule has 0 unspecified atom stereocenters. The first kappa shape index (κ1) is 24.5. The van der Waals surface area contributed by atoms with E-state index in [4.69, 9.17) is 14.0 Å². The second-order valence-corrected chi connectivity index (χ2v) is 7.72. The molecule has 2 aromatic carbocycles. The minimum Gasteiger partial charge on any atom is -0.497 e. The van der Waals surface area contributed by atoms with Crippen molar-refractivity contribution in [3.05, 3.63) is 83.2 Å². The number of aromatic nitrogens is 1. The van der Waals surface area contributed by atoms with E-state index in [9.17, 15) is 14.4 Å². The van der Waals surface area contributed by atoms with Gasteiger partial charge >= 0.3 is 5.97 Å². The van der Waals surface area contributed by atoms with Gasteiger partial charge in [0.2, 0.25) is 5.91 Å². The number of rotatable bonds is 10. The zero-order valence-electron chi connectivity index (χ0n) is 19.2. The van der Waals surface area contributed by atoms with E-state index in [-0.39, 0.29) is 18.7 Å². The molecule has 0 fully saturated rings. The van der Waals surface area contributed by atoms with E-state index in [1.165, 1.54) is 13.0 Å². The van der Waals surface area contributed by atoms with Crippen LogP contribution in [0.25, 0.3) is 0 Å². The summed E-state index contributed by atoms with van der Waals surface area (Å²) in [6.07, 6.45) is 0.201. The first-order chi connectivity index (χ1) is 16.4. The van der Waals surface area contributed by atoms with Gasteiger partial charge in [0.15, 0.2) is 5.69 Å². The second-order valence-electron chi connectivity index (χ2n) is 7.72. The average Bonchev–Trinajstić information content (AvgIpc) is 3.29. The van der Waals surface area contributed by atoms with Gasteiger partial charge in [0.05, 0.1) is 7.11 Å². The molecule has 9 nitrogen and oxygen atoms in total. The molecule has 1 heterocycles. The Bertz CT molecular complexity index is 1110. The van der Waals surface area contributed by atoms with E-state index in [2.05, 4.69) is 15.8 Å². The minimum atomic E-state index is -0.960. The van der Waals surface area contributed by atoms with Gasteiger partial charge < -0.3 is 24.6 Å². The van der Waals surface area contributed by atoms with Gasteiger partial charge in [-0.2, -0.15) is 0 Å². The average molecular weight is 466 g/mol. The van der Waals surface area contributed by atoms with Crippen molar-refractivity contribution < 1.29 is 28.4 Å². The SMILES string of the molecule is COc1ccc(C[C@H](NC(=O)[C@H](C)NC(=O)c2cc(C)on2)C(=O)OCc2ccccc2)cc1. The highest BCUT2D eigenvalue weighted by atomic mass is 16.5. The first-order valence-corrected chi connectivity index (χ1v) is 10.7. The van der Waals surface area contributed by atoms with E-state index in [0.717, 1.165) is 11.1 Å². The van der Waals surface area contributed by atoms with Crippen LogP contribution in [0.15, 0.2) is 65.2 Å². The molecule has 0 aliphatic carbocycles. The number of carbonyl (C=O) groups excluding carboxylic acids is 3. The molecule has 0 saturated heterocycles. The molecule has 1 aromatic heterocycles. The normalized spacial score (nSPS) is 12.3. The van der Waals surface area contributed by atoms with Gasteiger partial charge in [0.25, 0.3) is 5.91 Å². The summed E-state index contributed by atoms with van der Waals surface area (Å²) in [5.74, 6) is -0.529. The number of carbonyl (C=O) groups is 3. The molecule has 0 aliphatic rings. The number of nitrogens with zero attached hydrogens (tertiary/aromatic N) is 1. The molecular weight excluding hydrogens is 438 g/mol. The quantitative estimate of drug-likeness (QED) is 0.442. The number of aryl methyl sites for hydroxylation is 1. The number of nitrogens with one attached hydrogen (secondary N) is 2. The standard InChI is InChI=1S/C25H27N3O6/c1-16-13-21(28-34-16)24(30)26-17(2)23(29)27-22(14-18-9-11-20(32-3)12-10-18)25(31)33-15-19-7-5-4-6-8-19/h4-13,17,22H,14-15H2,1-3H3,(H,26,30)(H,27,29)/t17-,22-/m0/s1. The van der Waals surface area contributed by atoms with Gasteiger partial charge in [-0.1, -0.05) is 47.6 Å². The molecule has 9 heteroatoms. The molecule has 178 valence electrons. The van der Waals surface area contributed by atoms with Crippen LogP contribution in [0.2, 0.25) is 0 Å². The van der Waals surface area contributed by atoms with Gasteiger partial charge in [0.1, 0.15) is 30.2 Å². The lowest BCUT2D eigenvalue weighted by molar-refractivity contribution is -0.149. The first-order valence-electron chi connectivity index (χ1n) is 10.7. The topological polar surface area (TPSA) is 120 Å². The Morgan fingerprint density at radius 1 is 1.00 bits per heavy atom. The summed E-state index contributed by atoms with van der Waals surface area (Å²) in [4.78, 5) is 38.0. The third-order valence-corrected chi connectivity index (χ3v) is 5.03. The fourth-order valence-electron chi connectivity index (χ4n) is 3.13. The van der Waals surface area contributed by atoms with Crippen LogP contribution in [0.1, 0.15) is 34.3 Å². The second kappa shape index (κ2) is 11.6. The molecular formula is C25H27N3O6. The number of hydrogen-bond donors (Lipinski definition) is 2. The van der Waals surface area contributed by atoms with Crippen LogP contribution < -0.4 is 15.4 Å². The van der Waals surface area contributed by atoms with E-state index >= 15 is 0 Å². The number of hydrogen-bond acceptors (Lipinski definition) is 7. The Balaban J connectivity index is 1.67. The molecule has 2 atom stereocenters. The van der Waals surface area contributed by atoms with Gasteiger partial charge in [-0.05, 0) is 37.1 Å². The molecule has 3 aromatic rings. The van der Waals surface area contributed by atoms with E-state index in [1.54, 1.807) is 38.3 Å². The maximum atomic E-state index is 12.9. The van der Waals surface area contributed by atoms with Crippen LogP contribution in [0.3, 0.4) is 0 Å². The lowest BCUT2D eigenvalue weighted by Crippen LogP contribution is -2.51. The van der Waals surface area contributed by atoms with Crippen LogP contribution in [0.5, 0.6) is 5.75 Å². The maximum Gasteiger partial charge on any atom is 0.329 e. The van der Waals surface area contributed by atoms with Gasteiger partial charge in [0, 0.05) is 12.5 Å². The van der Waals surface area contributed by atoms with Crippen molar-refractivity contribution in [1.29, 1.82) is 0 Å². The molecule has 0 radical (unpaired) electrons. The van der Waals surface area contributed by atoms with Crippen molar-refractivity contribution in [2.24, 2.45) is 0 Å². The van der Waals surface area contributed by atoms with Crippen LogP contribution in [0.4, 0.5) is 0 Å². The van der Waals surface area contributed by atoms with Crippen LogP contribution in [-0.4, -0.2) is 42.1 Å². The van der Waals surface area contributed by atoms with E-state index < -0.39 is 29.9 Å². The third kappa shape index (κ3) is 6.93. The summed E-state index contributed by atoms with van der Waals surface area (Å²) < 4.78 is 15.5. The Morgan fingerprint density at radius 3 is 2.32 bits per heavy atom. The number of methoxy groups -OCH3 is 1. The van der Waals surface area contributed by atoms with Crippen molar-refractivity contribution >= 4 is 17.8 Å². The number of esters is 1. The van der Waals surface area contributed by atoms with Crippen molar-refractivity contribution in [3.63, 3.8) is 0 Å². The Labute approximate surface area is 197 Å². The third-order valence-electron chi connectivity index (χ3n) is 5.03. The van der Waals surface area contributed by atoms with E-state index in [1.807, 2.05) is 30.3 Å². The molecule has 2 N–H and O–H groups in total. The summed E-state index contributed by atoms with van der Waals surface area (Å²) in [6.45, 7) is 3.25. The minimum absolute atomic E-state index is 0.0641. The smallest absolute Gasteiger partial charge is 0.329 e. The summed E-state index contributed by atoms with van der Waals surface area (Å²) in [7, 11) is 1.56. The predicted molar refractivity (Wildman–Crippen MR) is 123 cm³/mol. The molecule has 0 spiro atoms. The molecule has 0 aliphatic heterocycles. The van der Waals surface area contributed by atoms with Crippen molar-refractivity contribution in [2.75, 3.05) is 7.11 Å². The van der Waals surface area contributed by atoms with Crippen LogP contribution >= 0.6 is 0 Å². The molecule has 34 heavy (non-hydrogen) atoms. The molecule has 2 amide bonds. The van der Waals surface area contributed by atoms with Crippen LogP contribution in [0, 0.1) is 6.92 Å². The Kier molecular flexibility index (Phi) is 8.39. The highest BCUT2D eigenvalue weighted by Gasteiger charge is 2.26. The number of benzene rings is 2.